The fraction of sp³-hybridized carbons (Fsp3) is 0.462. The molecule has 37 heavy (non-hydrogen) atoms. The highest BCUT2D eigenvalue weighted by atomic mass is 32.2. The van der Waals surface area contributed by atoms with Crippen molar-refractivity contribution in [2.75, 3.05) is 33.3 Å². The zero-order valence-corrected chi connectivity index (χ0v) is 21.8. The smallest absolute Gasteiger partial charge is 0.336 e. The molecular weight excluding hydrogens is 496 g/mol. The normalized spacial score (nSPS) is 23.5. The minimum Gasteiger partial charge on any atom is -0.497 e. The van der Waals surface area contributed by atoms with Crippen LogP contribution in [0.4, 0.5) is 5.69 Å². The first kappa shape index (κ1) is 26.9. The second kappa shape index (κ2) is 11.9. The average molecular weight is 529 g/mol. The third kappa shape index (κ3) is 6.23. The number of hydrogen-bond acceptors (Lipinski definition) is 9. The third-order valence-electron chi connectivity index (χ3n) is 6.80. The highest BCUT2D eigenvalue weighted by Gasteiger charge is 2.55. The van der Waals surface area contributed by atoms with Crippen molar-refractivity contribution in [1.29, 1.82) is 0 Å². The Morgan fingerprint density at radius 3 is 2.49 bits per heavy atom. The molecule has 0 bridgehead atoms. The second-order valence-electron chi connectivity index (χ2n) is 9.32. The minimum absolute atomic E-state index is 0.0381. The highest BCUT2D eigenvalue weighted by Crippen LogP contribution is 2.34. The summed E-state index contributed by atoms with van der Waals surface area (Å²) in [7, 11) is 1.63. The van der Waals surface area contributed by atoms with Gasteiger partial charge in [-0.25, -0.2) is 4.79 Å². The summed E-state index contributed by atoms with van der Waals surface area (Å²) >= 11 is 1.70. The standard InChI is InChI=1S/C26H32N4O6S/c1-18-14-27-11-12-29(18)24(31)26(25(32)36-16-19-3-7-21(8-4-19)30(33)34)13-23(15-28-26)37-17-20-5-9-22(35-2)10-6-20/h3-10,18,23,27-28H,11-17H2,1-2H3/t18?,23-,26-/m0/s1. The van der Waals surface area contributed by atoms with Gasteiger partial charge in [-0.15, -0.1) is 0 Å². The third-order valence-corrected chi connectivity index (χ3v) is 8.11. The van der Waals surface area contributed by atoms with Crippen LogP contribution < -0.4 is 15.4 Å². The van der Waals surface area contributed by atoms with Crippen LogP contribution in [0.1, 0.15) is 24.5 Å². The van der Waals surface area contributed by atoms with Crippen LogP contribution in [0.2, 0.25) is 0 Å². The van der Waals surface area contributed by atoms with Gasteiger partial charge in [0.25, 0.3) is 11.6 Å². The fourth-order valence-corrected chi connectivity index (χ4v) is 5.80. The van der Waals surface area contributed by atoms with E-state index in [0.717, 1.165) is 17.1 Å². The Morgan fingerprint density at radius 1 is 1.14 bits per heavy atom. The highest BCUT2D eigenvalue weighted by molar-refractivity contribution is 7.99. The lowest BCUT2D eigenvalue weighted by Crippen LogP contribution is -2.65. The first-order valence-electron chi connectivity index (χ1n) is 12.2. The van der Waals surface area contributed by atoms with E-state index >= 15 is 0 Å². The van der Waals surface area contributed by atoms with E-state index in [1.54, 1.807) is 35.9 Å². The van der Waals surface area contributed by atoms with Crippen LogP contribution in [-0.4, -0.2) is 71.8 Å². The Kier molecular flexibility index (Phi) is 8.67. The average Bonchev–Trinajstić information content (AvgIpc) is 3.36. The van der Waals surface area contributed by atoms with Crippen molar-refractivity contribution in [3.05, 3.63) is 69.8 Å². The molecule has 2 aliphatic heterocycles. The maximum Gasteiger partial charge on any atom is 0.336 e. The number of benzene rings is 2. The molecule has 2 N–H and O–H groups in total. The Bertz CT molecular complexity index is 1110. The number of nitrogens with one attached hydrogen (secondary N) is 2. The van der Waals surface area contributed by atoms with Gasteiger partial charge >= 0.3 is 5.97 Å². The lowest BCUT2D eigenvalue weighted by Gasteiger charge is -2.39. The van der Waals surface area contributed by atoms with Crippen molar-refractivity contribution in [2.45, 2.75) is 42.5 Å². The maximum atomic E-state index is 13.8. The number of rotatable bonds is 9. The molecule has 10 nitrogen and oxygen atoms in total. The quantitative estimate of drug-likeness (QED) is 0.219. The van der Waals surface area contributed by atoms with Gasteiger partial charge in [0.2, 0.25) is 0 Å². The number of carbonyl (C=O) groups is 2. The molecular formula is C26H32N4O6S. The Balaban J connectivity index is 1.46. The summed E-state index contributed by atoms with van der Waals surface area (Å²) in [6, 6.07) is 13.6. The number of carbonyl (C=O) groups excluding carboxylic acids is 2. The lowest BCUT2D eigenvalue weighted by atomic mass is 9.94. The van der Waals surface area contributed by atoms with E-state index in [1.807, 2.05) is 31.2 Å². The molecule has 198 valence electrons. The van der Waals surface area contributed by atoms with Crippen LogP contribution in [0, 0.1) is 10.1 Å². The molecule has 2 heterocycles. The molecule has 2 saturated heterocycles. The SMILES string of the molecule is COc1ccc(CS[C@@H]2CN[C@](C(=O)OCc3ccc([N+](=O)[O-])cc3)(C(=O)N3CCNCC3C)C2)cc1. The number of esters is 1. The fourth-order valence-electron chi connectivity index (χ4n) is 4.61. The van der Waals surface area contributed by atoms with E-state index in [0.29, 0.717) is 38.2 Å². The predicted molar refractivity (Wildman–Crippen MR) is 140 cm³/mol. The van der Waals surface area contributed by atoms with Crippen molar-refractivity contribution >= 4 is 29.3 Å². The maximum absolute atomic E-state index is 13.8. The summed E-state index contributed by atoms with van der Waals surface area (Å²) in [6.45, 7) is 4.23. The van der Waals surface area contributed by atoms with E-state index in [2.05, 4.69) is 10.6 Å². The lowest BCUT2D eigenvalue weighted by molar-refractivity contribution is -0.384. The minimum atomic E-state index is -1.47. The van der Waals surface area contributed by atoms with Gasteiger partial charge in [-0.2, -0.15) is 11.8 Å². The first-order valence-corrected chi connectivity index (χ1v) is 13.3. The summed E-state index contributed by atoms with van der Waals surface area (Å²) in [5, 5.41) is 17.5. The van der Waals surface area contributed by atoms with Crippen LogP contribution in [-0.2, 0) is 26.7 Å². The summed E-state index contributed by atoms with van der Waals surface area (Å²) in [6.07, 6.45) is 0.322. The van der Waals surface area contributed by atoms with Gasteiger partial charge in [-0.1, -0.05) is 12.1 Å². The van der Waals surface area contributed by atoms with Gasteiger partial charge in [0.1, 0.15) is 12.4 Å². The van der Waals surface area contributed by atoms with Crippen molar-refractivity contribution in [1.82, 2.24) is 15.5 Å². The van der Waals surface area contributed by atoms with Gasteiger partial charge in [0.05, 0.1) is 12.0 Å². The summed E-state index contributed by atoms with van der Waals surface area (Å²) in [5.74, 6) is 0.654. The van der Waals surface area contributed by atoms with E-state index in [-0.39, 0.29) is 29.5 Å². The number of piperazine rings is 1. The van der Waals surface area contributed by atoms with Crippen molar-refractivity contribution in [3.8, 4) is 5.75 Å². The monoisotopic (exact) mass is 528 g/mol. The molecule has 4 rings (SSSR count). The number of nitro benzene ring substituents is 1. The van der Waals surface area contributed by atoms with Crippen LogP contribution in [0.15, 0.2) is 48.5 Å². The Morgan fingerprint density at radius 2 is 1.84 bits per heavy atom. The molecule has 0 aliphatic carbocycles. The molecule has 2 aliphatic rings. The molecule has 2 aromatic carbocycles. The molecule has 0 saturated carbocycles. The predicted octanol–water partition coefficient (Wildman–Crippen LogP) is 2.50. The molecule has 3 atom stereocenters. The van der Waals surface area contributed by atoms with Crippen molar-refractivity contribution in [2.24, 2.45) is 0 Å². The van der Waals surface area contributed by atoms with Gasteiger partial charge in [-0.05, 0) is 48.7 Å². The van der Waals surface area contributed by atoms with E-state index in [1.165, 1.54) is 12.1 Å². The number of nitro groups is 1. The molecule has 0 aromatic heterocycles. The molecule has 11 heteroatoms. The summed E-state index contributed by atoms with van der Waals surface area (Å²) in [4.78, 5) is 39.5. The molecule has 0 radical (unpaired) electrons. The number of non-ortho nitro benzene ring substituents is 1. The van der Waals surface area contributed by atoms with Gasteiger partial charge < -0.3 is 19.7 Å². The van der Waals surface area contributed by atoms with Crippen molar-refractivity contribution < 1.29 is 24.0 Å². The summed E-state index contributed by atoms with van der Waals surface area (Å²) < 4.78 is 10.9. The summed E-state index contributed by atoms with van der Waals surface area (Å²) in [5.41, 5.74) is 0.236. The zero-order valence-electron chi connectivity index (χ0n) is 21.0. The number of ether oxygens (including phenoxy) is 2. The number of hydrogen-bond donors (Lipinski definition) is 2. The Hall–Kier alpha value is -3.15. The number of thioether (sulfide) groups is 1. The van der Waals surface area contributed by atoms with Gasteiger partial charge in [-0.3, -0.25) is 20.2 Å². The molecule has 2 fully saturated rings. The van der Waals surface area contributed by atoms with E-state index in [4.69, 9.17) is 9.47 Å². The topological polar surface area (TPSA) is 123 Å². The number of nitrogens with zero attached hydrogens (tertiary/aromatic N) is 2. The van der Waals surface area contributed by atoms with Crippen LogP contribution >= 0.6 is 11.8 Å². The molecule has 0 spiro atoms. The number of amides is 1. The second-order valence-corrected chi connectivity index (χ2v) is 10.6. The van der Waals surface area contributed by atoms with Gasteiger partial charge in [0.15, 0.2) is 5.54 Å². The van der Waals surface area contributed by atoms with Crippen LogP contribution in [0.3, 0.4) is 0 Å². The largest absolute Gasteiger partial charge is 0.497 e. The Labute approximate surface area is 220 Å². The van der Waals surface area contributed by atoms with Gasteiger partial charge in [0, 0.05) is 55.4 Å². The van der Waals surface area contributed by atoms with Crippen LogP contribution in [0.5, 0.6) is 5.75 Å². The zero-order chi connectivity index (χ0) is 26.4. The van der Waals surface area contributed by atoms with Crippen molar-refractivity contribution in [3.63, 3.8) is 0 Å². The first-order chi connectivity index (χ1) is 17.8. The molecule has 1 unspecified atom stereocenters. The molecule has 2 aromatic rings. The number of methoxy groups -OCH3 is 1. The van der Waals surface area contributed by atoms with E-state index in [9.17, 15) is 19.7 Å². The molecule has 1 amide bonds. The van der Waals surface area contributed by atoms with E-state index < -0.39 is 16.4 Å². The van der Waals surface area contributed by atoms with Crippen LogP contribution in [0.25, 0.3) is 0 Å².